The van der Waals surface area contributed by atoms with E-state index in [1.807, 2.05) is 18.2 Å². The summed E-state index contributed by atoms with van der Waals surface area (Å²) in [4.78, 5) is 15.6. The molecule has 1 amide bonds. The molecule has 25 heavy (non-hydrogen) atoms. The van der Waals surface area contributed by atoms with Gasteiger partial charge in [0, 0.05) is 42.4 Å². The summed E-state index contributed by atoms with van der Waals surface area (Å²) in [7, 11) is 0. The Morgan fingerprint density at radius 3 is 2.76 bits per heavy atom. The van der Waals surface area contributed by atoms with Crippen LogP contribution in [-0.4, -0.2) is 31.3 Å². The Morgan fingerprint density at radius 2 is 1.88 bits per heavy atom. The first-order valence-electron chi connectivity index (χ1n) is 9.10. The number of hydrogen-bond donors (Lipinski definition) is 1. The Bertz CT molecular complexity index is 675. The number of fused-ring (bicyclic) bond motifs is 1. The van der Waals surface area contributed by atoms with Gasteiger partial charge >= 0.3 is 0 Å². The van der Waals surface area contributed by atoms with Crippen LogP contribution in [0.5, 0.6) is 0 Å². The van der Waals surface area contributed by atoms with E-state index in [0.29, 0.717) is 6.42 Å². The monoisotopic (exact) mass is 354 g/mol. The van der Waals surface area contributed by atoms with Crippen LogP contribution >= 0.6 is 11.8 Å². The molecule has 0 spiro atoms. The van der Waals surface area contributed by atoms with E-state index in [4.69, 9.17) is 0 Å². The SMILES string of the molecule is O=C(CCSc1ccccc1)NCCCN1CCCc2ccccc21. The van der Waals surface area contributed by atoms with E-state index >= 15 is 0 Å². The van der Waals surface area contributed by atoms with E-state index in [-0.39, 0.29) is 5.91 Å². The summed E-state index contributed by atoms with van der Waals surface area (Å²) < 4.78 is 0. The molecule has 1 aliphatic rings. The molecule has 3 nitrogen and oxygen atoms in total. The molecule has 0 bridgehead atoms. The molecule has 0 radical (unpaired) electrons. The average molecular weight is 355 g/mol. The fourth-order valence-corrected chi connectivity index (χ4v) is 4.08. The number of aryl methyl sites for hydroxylation is 1. The number of para-hydroxylation sites is 1. The van der Waals surface area contributed by atoms with Crippen molar-refractivity contribution in [1.29, 1.82) is 0 Å². The molecule has 0 saturated carbocycles. The zero-order valence-corrected chi connectivity index (χ0v) is 15.4. The number of amides is 1. The van der Waals surface area contributed by atoms with Crippen LogP contribution in [0.1, 0.15) is 24.8 Å². The molecular weight excluding hydrogens is 328 g/mol. The largest absolute Gasteiger partial charge is 0.371 e. The molecule has 132 valence electrons. The van der Waals surface area contributed by atoms with Gasteiger partial charge in [-0.05, 0) is 43.0 Å². The Hall–Kier alpha value is -1.94. The third-order valence-corrected chi connectivity index (χ3v) is 5.49. The summed E-state index contributed by atoms with van der Waals surface area (Å²) in [6.07, 6.45) is 3.97. The van der Waals surface area contributed by atoms with Crippen LogP contribution in [0.2, 0.25) is 0 Å². The van der Waals surface area contributed by atoms with Gasteiger partial charge in [0.25, 0.3) is 0 Å². The standard InChI is InChI=1S/C21H26N2OS/c24-21(13-17-25-19-10-2-1-3-11-19)22-14-7-16-23-15-6-9-18-8-4-5-12-20(18)23/h1-5,8,10-12H,6-7,9,13-17H2,(H,22,24). The van der Waals surface area contributed by atoms with Crippen molar-refractivity contribution in [1.82, 2.24) is 5.32 Å². The Balaban J connectivity index is 1.32. The number of nitrogens with zero attached hydrogens (tertiary/aromatic N) is 1. The zero-order valence-electron chi connectivity index (χ0n) is 14.6. The second-order valence-electron chi connectivity index (χ2n) is 6.33. The maximum atomic E-state index is 11.9. The Morgan fingerprint density at radius 1 is 1.08 bits per heavy atom. The number of hydrogen-bond acceptors (Lipinski definition) is 3. The van der Waals surface area contributed by atoms with Crippen molar-refractivity contribution in [3.8, 4) is 0 Å². The molecule has 0 aliphatic carbocycles. The van der Waals surface area contributed by atoms with Gasteiger partial charge in [-0.2, -0.15) is 0 Å². The van der Waals surface area contributed by atoms with Gasteiger partial charge in [-0.3, -0.25) is 4.79 Å². The summed E-state index contributed by atoms with van der Waals surface area (Å²) in [5.41, 5.74) is 2.83. The van der Waals surface area contributed by atoms with Crippen LogP contribution < -0.4 is 10.2 Å². The van der Waals surface area contributed by atoms with E-state index < -0.39 is 0 Å². The quantitative estimate of drug-likeness (QED) is 0.571. The Kier molecular flexibility index (Phi) is 6.80. The number of rotatable bonds is 8. The molecule has 0 aromatic heterocycles. The van der Waals surface area contributed by atoms with Gasteiger partial charge in [0.1, 0.15) is 0 Å². The lowest BCUT2D eigenvalue weighted by atomic mass is 10.0. The van der Waals surface area contributed by atoms with E-state index in [0.717, 1.165) is 31.8 Å². The van der Waals surface area contributed by atoms with Crippen LogP contribution in [0, 0.1) is 0 Å². The van der Waals surface area contributed by atoms with E-state index in [9.17, 15) is 4.79 Å². The molecule has 2 aromatic rings. The molecular formula is C21H26N2OS. The molecule has 0 unspecified atom stereocenters. The third-order valence-electron chi connectivity index (χ3n) is 4.47. The average Bonchev–Trinajstić information content (AvgIpc) is 2.66. The van der Waals surface area contributed by atoms with Crippen LogP contribution in [0.4, 0.5) is 5.69 Å². The molecule has 0 fully saturated rings. The zero-order chi connectivity index (χ0) is 17.3. The highest BCUT2D eigenvalue weighted by molar-refractivity contribution is 7.99. The summed E-state index contributed by atoms with van der Waals surface area (Å²) in [6.45, 7) is 2.89. The van der Waals surface area contributed by atoms with Crippen molar-refractivity contribution in [2.24, 2.45) is 0 Å². The smallest absolute Gasteiger partial charge is 0.220 e. The van der Waals surface area contributed by atoms with Crippen molar-refractivity contribution in [2.45, 2.75) is 30.6 Å². The third kappa shape index (κ3) is 5.53. The number of carbonyl (C=O) groups is 1. The molecule has 0 saturated heterocycles. The summed E-state index contributed by atoms with van der Waals surface area (Å²) in [6, 6.07) is 18.9. The highest BCUT2D eigenvalue weighted by Gasteiger charge is 2.15. The lowest BCUT2D eigenvalue weighted by molar-refractivity contribution is -0.120. The molecule has 3 rings (SSSR count). The van der Waals surface area contributed by atoms with Gasteiger partial charge in [0.15, 0.2) is 0 Å². The van der Waals surface area contributed by atoms with Crippen molar-refractivity contribution in [2.75, 3.05) is 30.3 Å². The maximum Gasteiger partial charge on any atom is 0.220 e. The first-order valence-corrected chi connectivity index (χ1v) is 10.1. The number of nitrogens with one attached hydrogen (secondary N) is 1. The number of carbonyl (C=O) groups excluding carboxylic acids is 1. The van der Waals surface area contributed by atoms with E-state index in [2.05, 4.69) is 46.6 Å². The number of thioether (sulfide) groups is 1. The van der Waals surface area contributed by atoms with Crippen molar-refractivity contribution in [3.63, 3.8) is 0 Å². The fraction of sp³-hybridized carbons (Fsp3) is 0.381. The molecule has 1 N–H and O–H groups in total. The topological polar surface area (TPSA) is 32.3 Å². The van der Waals surface area contributed by atoms with Gasteiger partial charge in [-0.1, -0.05) is 36.4 Å². The second-order valence-corrected chi connectivity index (χ2v) is 7.50. The van der Waals surface area contributed by atoms with Crippen LogP contribution in [0.25, 0.3) is 0 Å². The first kappa shape index (κ1) is 17.9. The predicted molar refractivity (Wildman–Crippen MR) is 106 cm³/mol. The van der Waals surface area contributed by atoms with Crippen LogP contribution in [-0.2, 0) is 11.2 Å². The Labute approximate surface area is 154 Å². The van der Waals surface area contributed by atoms with Crippen molar-refractivity contribution < 1.29 is 4.79 Å². The highest BCUT2D eigenvalue weighted by Crippen LogP contribution is 2.26. The summed E-state index contributed by atoms with van der Waals surface area (Å²) in [5.74, 6) is 0.984. The molecule has 2 aromatic carbocycles. The minimum atomic E-state index is 0.155. The lowest BCUT2D eigenvalue weighted by Crippen LogP contribution is -2.33. The van der Waals surface area contributed by atoms with Gasteiger partial charge in [-0.25, -0.2) is 0 Å². The van der Waals surface area contributed by atoms with Crippen molar-refractivity contribution in [3.05, 3.63) is 60.2 Å². The highest BCUT2D eigenvalue weighted by atomic mass is 32.2. The lowest BCUT2D eigenvalue weighted by Gasteiger charge is -2.31. The van der Waals surface area contributed by atoms with Crippen molar-refractivity contribution >= 4 is 23.4 Å². The predicted octanol–water partition coefficient (Wildman–Crippen LogP) is 4.13. The van der Waals surface area contributed by atoms with Crippen LogP contribution in [0.15, 0.2) is 59.5 Å². The second kappa shape index (κ2) is 9.52. The summed E-state index contributed by atoms with van der Waals surface area (Å²) in [5, 5.41) is 3.05. The maximum absolute atomic E-state index is 11.9. The minimum absolute atomic E-state index is 0.155. The number of benzene rings is 2. The number of anilines is 1. The van der Waals surface area contributed by atoms with Gasteiger partial charge in [-0.15, -0.1) is 11.8 Å². The fourth-order valence-electron chi connectivity index (χ4n) is 3.21. The molecule has 4 heteroatoms. The molecule has 0 atom stereocenters. The minimum Gasteiger partial charge on any atom is -0.371 e. The van der Waals surface area contributed by atoms with Crippen LogP contribution in [0.3, 0.4) is 0 Å². The summed E-state index contributed by atoms with van der Waals surface area (Å²) >= 11 is 1.73. The normalized spacial score (nSPS) is 13.4. The van der Waals surface area contributed by atoms with Gasteiger partial charge in [0.2, 0.25) is 5.91 Å². The van der Waals surface area contributed by atoms with Gasteiger partial charge < -0.3 is 10.2 Å². The van der Waals surface area contributed by atoms with Gasteiger partial charge in [0.05, 0.1) is 0 Å². The van der Waals surface area contributed by atoms with E-state index in [1.165, 1.54) is 29.0 Å². The molecule has 1 heterocycles. The first-order chi connectivity index (χ1) is 12.3. The van der Waals surface area contributed by atoms with E-state index in [1.54, 1.807) is 11.8 Å². The molecule has 1 aliphatic heterocycles.